The van der Waals surface area contributed by atoms with Crippen LogP contribution in [0.5, 0.6) is 0 Å². The second-order valence-electron chi connectivity index (χ2n) is 4.76. The van der Waals surface area contributed by atoms with E-state index in [-0.39, 0.29) is 5.78 Å². The quantitative estimate of drug-likeness (QED) is 0.772. The van der Waals surface area contributed by atoms with Crippen molar-refractivity contribution >= 4 is 5.78 Å². The van der Waals surface area contributed by atoms with E-state index in [4.69, 9.17) is 0 Å². The highest BCUT2D eigenvalue weighted by Gasteiger charge is 2.09. The maximum absolute atomic E-state index is 12.2. The first-order valence-corrected chi connectivity index (χ1v) is 6.07. The fourth-order valence-electron chi connectivity index (χ4n) is 1.90. The third-order valence-electron chi connectivity index (χ3n) is 2.68. The fraction of sp³-hybridized carbons (Fsp3) is 0.267. The van der Waals surface area contributed by atoms with Gasteiger partial charge in [-0.1, -0.05) is 32.0 Å². The molecule has 0 unspecified atom stereocenters. The predicted octanol–water partition coefficient (Wildman–Crippen LogP) is 2.91. The number of hydrogen-bond donors (Lipinski definition) is 0. The molecule has 0 radical (unpaired) electrons. The van der Waals surface area contributed by atoms with Crippen LogP contribution in [0.15, 0.2) is 42.7 Å². The molecule has 3 heteroatoms. The van der Waals surface area contributed by atoms with Crippen LogP contribution in [0.25, 0.3) is 0 Å². The van der Waals surface area contributed by atoms with Crippen molar-refractivity contribution in [3.05, 3.63) is 59.4 Å². The third kappa shape index (κ3) is 3.00. The number of rotatable bonds is 4. The lowest BCUT2D eigenvalue weighted by Gasteiger charge is -2.07. The maximum Gasteiger partial charge on any atom is 0.194 e. The average Bonchev–Trinajstić information content (AvgIpc) is 2.38. The van der Waals surface area contributed by atoms with Crippen LogP contribution in [0.1, 0.15) is 35.3 Å². The average molecular weight is 240 g/mol. The summed E-state index contributed by atoms with van der Waals surface area (Å²) in [5.74, 6) is 0.577. The van der Waals surface area contributed by atoms with Crippen molar-refractivity contribution in [1.29, 1.82) is 0 Å². The molecule has 92 valence electrons. The molecule has 2 rings (SSSR count). The summed E-state index contributed by atoms with van der Waals surface area (Å²) in [7, 11) is 0. The SMILES string of the molecule is CC(C)Cc1cccc(C(=O)c2ccnnc2)c1. The van der Waals surface area contributed by atoms with Crippen molar-refractivity contribution in [3.63, 3.8) is 0 Å². The molecule has 1 aromatic heterocycles. The first-order chi connectivity index (χ1) is 8.66. The Bertz CT molecular complexity index is 535. The molecule has 1 heterocycles. The molecular formula is C15H16N2O. The van der Waals surface area contributed by atoms with Gasteiger partial charge in [-0.2, -0.15) is 10.2 Å². The summed E-state index contributed by atoms with van der Waals surface area (Å²) in [5.41, 5.74) is 2.48. The first kappa shape index (κ1) is 12.4. The van der Waals surface area contributed by atoms with Gasteiger partial charge in [0.15, 0.2) is 5.78 Å². The Morgan fingerprint density at radius 2 is 2.00 bits per heavy atom. The molecule has 0 bridgehead atoms. The summed E-state index contributed by atoms with van der Waals surface area (Å²) in [6.07, 6.45) is 4.01. The molecule has 0 spiro atoms. The van der Waals surface area contributed by atoms with Gasteiger partial charge >= 0.3 is 0 Å². The Labute approximate surface area is 107 Å². The van der Waals surface area contributed by atoms with Gasteiger partial charge in [0.2, 0.25) is 0 Å². The number of aromatic nitrogens is 2. The molecule has 0 fully saturated rings. The first-order valence-electron chi connectivity index (χ1n) is 6.07. The molecular weight excluding hydrogens is 224 g/mol. The van der Waals surface area contributed by atoms with E-state index in [0.717, 1.165) is 6.42 Å². The van der Waals surface area contributed by atoms with E-state index in [1.54, 1.807) is 6.07 Å². The molecule has 0 saturated carbocycles. The van der Waals surface area contributed by atoms with Gasteiger partial charge in [0.25, 0.3) is 0 Å². The summed E-state index contributed by atoms with van der Waals surface area (Å²) in [5, 5.41) is 7.41. The molecule has 0 aliphatic heterocycles. The number of carbonyl (C=O) groups is 1. The van der Waals surface area contributed by atoms with E-state index in [2.05, 4.69) is 30.1 Å². The zero-order valence-electron chi connectivity index (χ0n) is 10.6. The molecule has 0 N–H and O–H groups in total. The summed E-state index contributed by atoms with van der Waals surface area (Å²) in [6, 6.07) is 9.47. The molecule has 18 heavy (non-hydrogen) atoms. The Morgan fingerprint density at radius 3 is 2.67 bits per heavy atom. The Balaban J connectivity index is 2.26. The molecule has 2 aromatic rings. The largest absolute Gasteiger partial charge is 0.289 e. The highest BCUT2D eigenvalue weighted by atomic mass is 16.1. The number of hydrogen-bond acceptors (Lipinski definition) is 3. The van der Waals surface area contributed by atoms with Gasteiger partial charge in [0, 0.05) is 11.1 Å². The van der Waals surface area contributed by atoms with Gasteiger partial charge in [0.05, 0.1) is 12.4 Å². The lowest BCUT2D eigenvalue weighted by molar-refractivity contribution is 0.103. The van der Waals surface area contributed by atoms with Crippen LogP contribution < -0.4 is 0 Å². The third-order valence-corrected chi connectivity index (χ3v) is 2.68. The monoisotopic (exact) mass is 240 g/mol. The smallest absolute Gasteiger partial charge is 0.194 e. The maximum atomic E-state index is 12.2. The molecule has 0 atom stereocenters. The minimum atomic E-state index is -0.00416. The number of carbonyl (C=O) groups excluding carboxylic acids is 1. The van der Waals surface area contributed by atoms with Crippen molar-refractivity contribution in [3.8, 4) is 0 Å². The normalized spacial score (nSPS) is 10.6. The van der Waals surface area contributed by atoms with Gasteiger partial charge in [-0.15, -0.1) is 0 Å². The highest BCUT2D eigenvalue weighted by molar-refractivity contribution is 6.08. The molecule has 1 aromatic carbocycles. The standard InChI is InChI=1S/C15H16N2O/c1-11(2)8-12-4-3-5-13(9-12)15(18)14-6-7-16-17-10-14/h3-7,9-11H,8H2,1-2H3. The van der Waals surface area contributed by atoms with Crippen LogP contribution in [0, 0.1) is 5.92 Å². The Morgan fingerprint density at radius 1 is 1.17 bits per heavy atom. The van der Waals surface area contributed by atoms with Gasteiger partial charge in [-0.25, -0.2) is 0 Å². The second-order valence-corrected chi connectivity index (χ2v) is 4.76. The van der Waals surface area contributed by atoms with Crippen molar-refractivity contribution in [2.24, 2.45) is 5.92 Å². The van der Waals surface area contributed by atoms with Crippen molar-refractivity contribution in [1.82, 2.24) is 10.2 Å². The molecule has 0 amide bonds. The van der Waals surface area contributed by atoms with Crippen molar-refractivity contribution in [2.75, 3.05) is 0 Å². The molecule has 0 aliphatic rings. The minimum Gasteiger partial charge on any atom is -0.289 e. The predicted molar refractivity (Wildman–Crippen MR) is 70.4 cm³/mol. The zero-order valence-corrected chi connectivity index (χ0v) is 10.6. The van der Waals surface area contributed by atoms with Crippen LogP contribution >= 0.6 is 0 Å². The minimum absolute atomic E-state index is 0.00416. The molecule has 0 saturated heterocycles. The van der Waals surface area contributed by atoms with E-state index >= 15 is 0 Å². The fourth-order valence-corrected chi connectivity index (χ4v) is 1.90. The highest BCUT2D eigenvalue weighted by Crippen LogP contribution is 2.13. The van der Waals surface area contributed by atoms with Gasteiger partial charge in [0.1, 0.15) is 0 Å². The van der Waals surface area contributed by atoms with Crippen LogP contribution in [0.4, 0.5) is 0 Å². The van der Waals surface area contributed by atoms with Gasteiger partial charge in [-0.05, 0) is 30.0 Å². The van der Waals surface area contributed by atoms with E-state index in [9.17, 15) is 4.79 Å². The lowest BCUT2D eigenvalue weighted by atomic mass is 9.98. The summed E-state index contributed by atoms with van der Waals surface area (Å²) >= 11 is 0. The zero-order chi connectivity index (χ0) is 13.0. The van der Waals surface area contributed by atoms with E-state index in [0.29, 0.717) is 17.0 Å². The van der Waals surface area contributed by atoms with Crippen LogP contribution in [0.2, 0.25) is 0 Å². The van der Waals surface area contributed by atoms with Crippen molar-refractivity contribution in [2.45, 2.75) is 20.3 Å². The topological polar surface area (TPSA) is 42.9 Å². The Kier molecular flexibility index (Phi) is 3.82. The van der Waals surface area contributed by atoms with Crippen molar-refractivity contribution < 1.29 is 4.79 Å². The van der Waals surface area contributed by atoms with Crippen LogP contribution in [-0.2, 0) is 6.42 Å². The van der Waals surface area contributed by atoms with Gasteiger partial charge in [-0.3, -0.25) is 4.79 Å². The van der Waals surface area contributed by atoms with E-state index < -0.39 is 0 Å². The summed E-state index contributed by atoms with van der Waals surface area (Å²) < 4.78 is 0. The second kappa shape index (κ2) is 5.54. The number of ketones is 1. The van der Waals surface area contributed by atoms with Gasteiger partial charge < -0.3 is 0 Å². The van der Waals surface area contributed by atoms with E-state index in [1.807, 2.05) is 18.2 Å². The van der Waals surface area contributed by atoms with Crippen LogP contribution in [-0.4, -0.2) is 16.0 Å². The number of nitrogens with zero attached hydrogens (tertiary/aromatic N) is 2. The molecule has 3 nitrogen and oxygen atoms in total. The summed E-state index contributed by atoms with van der Waals surface area (Å²) in [6.45, 7) is 4.34. The Hall–Kier alpha value is -2.03. The summed E-state index contributed by atoms with van der Waals surface area (Å²) in [4.78, 5) is 12.2. The number of benzene rings is 1. The lowest BCUT2D eigenvalue weighted by Crippen LogP contribution is -2.03. The van der Waals surface area contributed by atoms with E-state index in [1.165, 1.54) is 18.0 Å². The molecule has 0 aliphatic carbocycles. The van der Waals surface area contributed by atoms with Crippen LogP contribution in [0.3, 0.4) is 0 Å².